The molecule has 2 N–H and O–H groups in total. The van der Waals surface area contributed by atoms with Gasteiger partial charge in [-0.1, -0.05) is 0 Å². The van der Waals surface area contributed by atoms with E-state index in [2.05, 4.69) is 37.6 Å². The van der Waals surface area contributed by atoms with E-state index in [9.17, 15) is 4.79 Å². The molecule has 26 heavy (non-hydrogen) atoms. The maximum atomic E-state index is 12.6. The molecular weight excluding hydrogens is 326 g/mol. The standard InChI is InChI=1S/C20H27N5O/c1-14-21-17(13-18(22-14)24-20(2,3)4)19(26)23-15-7-9-16(10-8-15)25-11-5-6-12-25/h7-10,13H,5-6,11-12H2,1-4H3,(H,23,26)(H,21,22,24). The van der Waals surface area contributed by atoms with E-state index in [4.69, 9.17) is 0 Å². The number of carbonyl (C=O) groups excluding carboxylic acids is 1. The Morgan fingerprint density at radius 3 is 2.35 bits per heavy atom. The first-order chi connectivity index (χ1) is 12.3. The summed E-state index contributed by atoms with van der Waals surface area (Å²) in [5.74, 6) is 0.981. The lowest BCUT2D eigenvalue weighted by molar-refractivity contribution is 0.102. The molecule has 3 rings (SSSR count). The van der Waals surface area contributed by atoms with Crippen LogP contribution in [-0.4, -0.2) is 34.5 Å². The molecule has 138 valence electrons. The highest BCUT2D eigenvalue weighted by atomic mass is 16.1. The van der Waals surface area contributed by atoms with E-state index in [1.165, 1.54) is 18.5 Å². The first-order valence-electron chi connectivity index (χ1n) is 9.10. The van der Waals surface area contributed by atoms with E-state index in [0.29, 0.717) is 17.3 Å². The number of rotatable bonds is 4. The topological polar surface area (TPSA) is 70.2 Å². The summed E-state index contributed by atoms with van der Waals surface area (Å²) in [6, 6.07) is 9.67. The third-order valence-corrected chi connectivity index (χ3v) is 4.17. The molecule has 1 aromatic carbocycles. The maximum Gasteiger partial charge on any atom is 0.274 e. The smallest absolute Gasteiger partial charge is 0.274 e. The molecule has 1 aliphatic heterocycles. The van der Waals surface area contributed by atoms with Gasteiger partial charge in [-0.25, -0.2) is 9.97 Å². The largest absolute Gasteiger partial charge is 0.372 e. The molecular formula is C20H27N5O. The highest BCUT2D eigenvalue weighted by Crippen LogP contribution is 2.22. The van der Waals surface area contributed by atoms with Crippen molar-refractivity contribution in [2.45, 2.75) is 46.1 Å². The van der Waals surface area contributed by atoms with Crippen molar-refractivity contribution in [3.63, 3.8) is 0 Å². The monoisotopic (exact) mass is 353 g/mol. The fourth-order valence-electron chi connectivity index (χ4n) is 3.06. The molecule has 0 radical (unpaired) electrons. The summed E-state index contributed by atoms with van der Waals surface area (Å²) in [5.41, 5.74) is 2.18. The Morgan fingerprint density at radius 1 is 1.08 bits per heavy atom. The van der Waals surface area contributed by atoms with Gasteiger partial charge in [0.25, 0.3) is 5.91 Å². The third kappa shape index (κ3) is 4.71. The highest BCUT2D eigenvalue weighted by molar-refractivity contribution is 6.03. The number of amides is 1. The molecule has 0 atom stereocenters. The molecule has 1 fully saturated rings. The highest BCUT2D eigenvalue weighted by Gasteiger charge is 2.16. The molecule has 0 aliphatic carbocycles. The van der Waals surface area contributed by atoms with Crippen molar-refractivity contribution >= 4 is 23.1 Å². The van der Waals surface area contributed by atoms with E-state index in [1.807, 2.05) is 32.9 Å². The zero-order chi connectivity index (χ0) is 18.7. The zero-order valence-corrected chi connectivity index (χ0v) is 16.0. The Hall–Kier alpha value is -2.63. The Balaban J connectivity index is 1.71. The molecule has 2 aromatic rings. The van der Waals surface area contributed by atoms with Crippen molar-refractivity contribution in [2.24, 2.45) is 0 Å². The minimum atomic E-state index is -0.235. The van der Waals surface area contributed by atoms with Gasteiger partial charge in [0.1, 0.15) is 17.3 Å². The van der Waals surface area contributed by atoms with Crippen LogP contribution in [0.2, 0.25) is 0 Å². The molecule has 0 spiro atoms. The van der Waals surface area contributed by atoms with Gasteiger partial charge in [0.15, 0.2) is 0 Å². The van der Waals surface area contributed by atoms with Crippen LogP contribution in [0.4, 0.5) is 17.2 Å². The molecule has 1 saturated heterocycles. The van der Waals surface area contributed by atoms with Crippen molar-refractivity contribution in [3.05, 3.63) is 41.9 Å². The lowest BCUT2D eigenvalue weighted by atomic mass is 10.1. The Morgan fingerprint density at radius 2 is 1.73 bits per heavy atom. The second kappa shape index (κ2) is 7.32. The molecule has 0 saturated carbocycles. The molecule has 0 unspecified atom stereocenters. The summed E-state index contributed by atoms with van der Waals surface area (Å²) in [6.07, 6.45) is 2.49. The second-order valence-electron chi connectivity index (χ2n) is 7.76. The fourth-order valence-corrected chi connectivity index (χ4v) is 3.06. The lowest BCUT2D eigenvalue weighted by Gasteiger charge is -2.21. The average Bonchev–Trinajstić information content (AvgIpc) is 3.07. The summed E-state index contributed by atoms with van der Waals surface area (Å²) in [7, 11) is 0. The summed E-state index contributed by atoms with van der Waals surface area (Å²) < 4.78 is 0. The molecule has 0 bridgehead atoms. The van der Waals surface area contributed by atoms with Gasteiger partial charge in [0.05, 0.1) is 0 Å². The minimum Gasteiger partial charge on any atom is -0.372 e. The van der Waals surface area contributed by atoms with Gasteiger partial charge in [-0.3, -0.25) is 4.79 Å². The van der Waals surface area contributed by atoms with Crippen LogP contribution in [-0.2, 0) is 0 Å². The quantitative estimate of drug-likeness (QED) is 0.874. The molecule has 6 heteroatoms. The van der Waals surface area contributed by atoms with Crippen molar-refractivity contribution < 1.29 is 4.79 Å². The summed E-state index contributed by atoms with van der Waals surface area (Å²) in [4.78, 5) is 23.6. The van der Waals surface area contributed by atoms with Crippen molar-refractivity contribution in [1.29, 1.82) is 0 Å². The molecule has 1 aromatic heterocycles. The van der Waals surface area contributed by atoms with Gasteiger partial charge >= 0.3 is 0 Å². The molecule has 6 nitrogen and oxygen atoms in total. The van der Waals surface area contributed by atoms with Gasteiger partial charge in [0, 0.05) is 36.1 Å². The van der Waals surface area contributed by atoms with Gasteiger partial charge in [0.2, 0.25) is 0 Å². The van der Waals surface area contributed by atoms with Crippen molar-refractivity contribution in [1.82, 2.24) is 9.97 Å². The number of nitrogens with zero attached hydrogens (tertiary/aromatic N) is 3. The van der Waals surface area contributed by atoms with E-state index >= 15 is 0 Å². The number of benzene rings is 1. The van der Waals surface area contributed by atoms with Crippen LogP contribution in [0.25, 0.3) is 0 Å². The SMILES string of the molecule is Cc1nc(NC(C)(C)C)cc(C(=O)Nc2ccc(N3CCCC3)cc2)n1. The van der Waals surface area contributed by atoms with Crippen LogP contribution in [0.3, 0.4) is 0 Å². The van der Waals surface area contributed by atoms with E-state index < -0.39 is 0 Å². The van der Waals surface area contributed by atoms with E-state index in [-0.39, 0.29) is 11.4 Å². The third-order valence-electron chi connectivity index (χ3n) is 4.17. The van der Waals surface area contributed by atoms with Crippen molar-refractivity contribution in [2.75, 3.05) is 28.6 Å². The Kier molecular flexibility index (Phi) is 5.11. The normalized spacial score (nSPS) is 14.4. The number of nitrogens with one attached hydrogen (secondary N) is 2. The molecule has 2 heterocycles. The number of carbonyl (C=O) groups is 1. The van der Waals surface area contributed by atoms with Crippen LogP contribution in [0.15, 0.2) is 30.3 Å². The second-order valence-corrected chi connectivity index (χ2v) is 7.76. The molecule has 1 amide bonds. The van der Waals surface area contributed by atoms with Gasteiger partial charge < -0.3 is 15.5 Å². The number of hydrogen-bond donors (Lipinski definition) is 2. The van der Waals surface area contributed by atoms with Crippen molar-refractivity contribution in [3.8, 4) is 0 Å². The number of aryl methyl sites for hydroxylation is 1. The Labute approximate surface area is 155 Å². The van der Waals surface area contributed by atoms with Gasteiger partial charge in [-0.15, -0.1) is 0 Å². The predicted molar refractivity (Wildman–Crippen MR) is 106 cm³/mol. The first-order valence-corrected chi connectivity index (χ1v) is 9.10. The van der Waals surface area contributed by atoms with Crippen LogP contribution in [0, 0.1) is 6.92 Å². The summed E-state index contributed by atoms with van der Waals surface area (Å²) >= 11 is 0. The zero-order valence-electron chi connectivity index (χ0n) is 16.0. The predicted octanol–water partition coefficient (Wildman–Crippen LogP) is 3.85. The summed E-state index contributed by atoms with van der Waals surface area (Å²) in [5, 5.41) is 6.20. The minimum absolute atomic E-state index is 0.139. The van der Waals surface area contributed by atoms with Gasteiger partial charge in [-0.05, 0) is 64.8 Å². The molecule has 1 aliphatic rings. The Bertz CT molecular complexity index is 774. The van der Waals surface area contributed by atoms with Crippen LogP contribution in [0.5, 0.6) is 0 Å². The maximum absolute atomic E-state index is 12.6. The number of hydrogen-bond acceptors (Lipinski definition) is 5. The van der Waals surface area contributed by atoms with Gasteiger partial charge in [-0.2, -0.15) is 0 Å². The van der Waals surface area contributed by atoms with Crippen LogP contribution >= 0.6 is 0 Å². The summed E-state index contributed by atoms with van der Waals surface area (Å²) in [6.45, 7) is 10.1. The lowest BCUT2D eigenvalue weighted by Crippen LogP contribution is -2.27. The first kappa shape index (κ1) is 18.2. The van der Waals surface area contributed by atoms with E-state index in [0.717, 1.165) is 18.8 Å². The number of anilines is 3. The fraction of sp³-hybridized carbons (Fsp3) is 0.450. The van der Waals surface area contributed by atoms with Crippen LogP contribution < -0.4 is 15.5 Å². The number of aromatic nitrogens is 2. The van der Waals surface area contributed by atoms with E-state index in [1.54, 1.807) is 13.0 Å². The average molecular weight is 353 g/mol. The van der Waals surface area contributed by atoms with Crippen LogP contribution in [0.1, 0.15) is 49.9 Å².